The fourth-order valence-electron chi connectivity index (χ4n) is 1.71. The molecule has 0 unspecified atom stereocenters. The molecule has 128 valence electrons. The molecule has 2 aromatic carbocycles. The van der Waals surface area contributed by atoms with Gasteiger partial charge in [-0.15, -0.1) is 22.7 Å². The minimum absolute atomic E-state index is 0.0841. The van der Waals surface area contributed by atoms with E-state index < -0.39 is 5.09 Å². The molecule has 0 atom stereocenters. The first-order valence-corrected chi connectivity index (χ1v) is 7.61. The van der Waals surface area contributed by atoms with Crippen molar-refractivity contribution in [1.29, 1.82) is 0 Å². The fourth-order valence-corrected chi connectivity index (χ4v) is 2.10. The predicted octanol–water partition coefficient (Wildman–Crippen LogP) is 4.01. The van der Waals surface area contributed by atoms with Gasteiger partial charge in [0.15, 0.2) is 0 Å². The lowest BCUT2D eigenvalue weighted by Gasteiger charge is -2.06. The third-order valence-corrected chi connectivity index (χ3v) is 3.68. The predicted molar refractivity (Wildman–Crippen MR) is 92.5 cm³/mol. The molecule has 0 saturated carbocycles. The summed E-state index contributed by atoms with van der Waals surface area (Å²) in [6.07, 6.45) is 0. The third-order valence-electron chi connectivity index (χ3n) is 2.85. The van der Waals surface area contributed by atoms with Crippen LogP contribution in [-0.2, 0) is 27.6 Å². The van der Waals surface area contributed by atoms with Crippen LogP contribution >= 0.6 is 24.2 Å². The van der Waals surface area contributed by atoms with Crippen LogP contribution in [-0.4, -0.2) is 11.6 Å². The molecule has 0 aliphatic rings. The summed E-state index contributed by atoms with van der Waals surface area (Å²) >= 11 is 9.84. The van der Waals surface area contributed by atoms with Gasteiger partial charge in [0.2, 0.25) is 0 Å². The number of hydrogen-bond acceptors (Lipinski definition) is 6. The lowest BCUT2D eigenvalue weighted by Crippen LogP contribution is -2.04. The third kappa shape index (κ3) is 7.34. The highest BCUT2D eigenvalue weighted by molar-refractivity contribution is 7.80. The van der Waals surface area contributed by atoms with Gasteiger partial charge in [-0.3, -0.25) is 4.79 Å². The highest BCUT2D eigenvalue weighted by Crippen LogP contribution is 2.19. The second kappa shape index (κ2) is 10.5. The van der Waals surface area contributed by atoms with Crippen molar-refractivity contribution in [2.24, 2.45) is 0 Å². The van der Waals surface area contributed by atoms with Gasteiger partial charge in [-0.05, 0) is 35.7 Å². The minimum atomic E-state index is -0.864. The quantitative estimate of drug-likeness (QED) is 0.360. The number of carbonyl (C=O) groups is 1. The van der Waals surface area contributed by atoms with Gasteiger partial charge in [0.1, 0.15) is 13.2 Å². The maximum Gasteiger partial charge on any atom is 0.294 e. The van der Waals surface area contributed by atoms with Gasteiger partial charge in [0.25, 0.3) is 11.6 Å². The van der Waals surface area contributed by atoms with E-state index in [9.17, 15) is 14.9 Å². The molecule has 6 nitrogen and oxygen atoms in total. The van der Waals surface area contributed by atoms with Gasteiger partial charge in [-0.1, -0.05) is 41.9 Å². The molecule has 0 saturated heterocycles. The van der Waals surface area contributed by atoms with Crippen LogP contribution in [0.5, 0.6) is 0 Å². The molecule has 0 aliphatic heterocycles. The average Bonchev–Trinajstić information content (AvgIpc) is 2.56. The summed E-state index contributed by atoms with van der Waals surface area (Å²) in [5.41, 5.74) is 2.49. The van der Waals surface area contributed by atoms with Crippen LogP contribution in [0, 0.1) is 17.0 Å². The molecule has 2 rings (SSSR count). The van der Waals surface area contributed by atoms with Crippen LogP contribution < -0.4 is 0 Å². The number of ether oxygens (including phenoxy) is 1. The van der Waals surface area contributed by atoms with Crippen LogP contribution in [0.25, 0.3) is 0 Å². The molecular weight excluding hydrogens is 354 g/mol. The van der Waals surface area contributed by atoms with Crippen molar-refractivity contribution >= 4 is 30.7 Å². The summed E-state index contributed by atoms with van der Waals surface area (Å²) < 4.78 is 4.56. The van der Waals surface area contributed by atoms with Crippen LogP contribution in [0.3, 0.4) is 0 Å². The van der Waals surface area contributed by atoms with E-state index in [1.54, 1.807) is 24.3 Å². The number of carbonyl (C=O) groups excluding carboxylic acids is 1. The average molecular weight is 370 g/mol. The van der Waals surface area contributed by atoms with Gasteiger partial charge in [0, 0.05) is 4.90 Å². The van der Waals surface area contributed by atoms with Crippen LogP contribution in [0.4, 0.5) is 0 Å². The Morgan fingerprint density at radius 3 is 2.33 bits per heavy atom. The van der Waals surface area contributed by atoms with Crippen molar-refractivity contribution in [1.82, 2.24) is 0 Å². The standard InChI is InChI=1S/C9H9NO5.C7H7ClS/c11-7-14-5-8-3-1-2-4-9(8)6-15-10(12)13;1-5-2-3-6(8)7(9)4-5/h1-4,7H,5-6H2;2-4,9H,1H3. The highest BCUT2D eigenvalue weighted by Gasteiger charge is 2.04. The molecule has 0 amide bonds. The summed E-state index contributed by atoms with van der Waals surface area (Å²) in [6.45, 7) is 2.27. The molecule has 2 aromatic rings. The van der Waals surface area contributed by atoms with Crippen LogP contribution in [0.15, 0.2) is 47.4 Å². The first kappa shape index (κ1) is 19.8. The molecule has 0 aliphatic carbocycles. The van der Waals surface area contributed by atoms with Crippen molar-refractivity contribution in [3.63, 3.8) is 0 Å². The van der Waals surface area contributed by atoms with Crippen molar-refractivity contribution in [2.75, 3.05) is 0 Å². The Morgan fingerprint density at radius 2 is 1.83 bits per heavy atom. The maximum atomic E-state index is 9.99. The Kier molecular flexibility index (Phi) is 8.67. The summed E-state index contributed by atoms with van der Waals surface area (Å²) in [4.78, 5) is 25.1. The zero-order chi connectivity index (χ0) is 17.9. The maximum absolute atomic E-state index is 9.99. The van der Waals surface area contributed by atoms with E-state index in [0.717, 1.165) is 4.90 Å². The first-order valence-electron chi connectivity index (χ1n) is 6.78. The topological polar surface area (TPSA) is 78.7 Å². The number of benzene rings is 2. The van der Waals surface area contributed by atoms with Crippen LogP contribution in [0.2, 0.25) is 5.02 Å². The Labute approximate surface area is 149 Å². The number of hydrogen-bond donors (Lipinski definition) is 1. The number of rotatable bonds is 6. The highest BCUT2D eigenvalue weighted by atomic mass is 35.5. The van der Waals surface area contributed by atoms with Crippen molar-refractivity contribution < 1.29 is 19.5 Å². The molecule has 0 aromatic heterocycles. The number of thiol groups is 1. The Bertz CT molecular complexity index is 696. The monoisotopic (exact) mass is 369 g/mol. The Morgan fingerprint density at radius 1 is 1.21 bits per heavy atom. The second-order valence-electron chi connectivity index (χ2n) is 4.63. The fraction of sp³-hybridized carbons (Fsp3) is 0.188. The molecule has 8 heteroatoms. The number of nitrogens with zero attached hydrogens (tertiary/aromatic N) is 1. The lowest BCUT2D eigenvalue weighted by molar-refractivity contribution is -0.763. The van der Waals surface area contributed by atoms with E-state index in [-0.39, 0.29) is 13.2 Å². The molecule has 0 radical (unpaired) electrons. The summed E-state index contributed by atoms with van der Waals surface area (Å²) in [5.74, 6) is 0. The van der Waals surface area contributed by atoms with E-state index in [2.05, 4.69) is 22.2 Å². The molecule has 0 heterocycles. The molecule has 24 heavy (non-hydrogen) atoms. The molecule has 0 fully saturated rings. The molecule has 0 bridgehead atoms. The minimum Gasteiger partial charge on any atom is -0.463 e. The molecule has 0 N–H and O–H groups in total. The smallest absolute Gasteiger partial charge is 0.294 e. The van der Waals surface area contributed by atoms with E-state index in [1.165, 1.54) is 5.56 Å². The Hall–Kier alpha value is -2.25. The first-order chi connectivity index (χ1) is 11.4. The van der Waals surface area contributed by atoms with Gasteiger partial charge >= 0.3 is 0 Å². The van der Waals surface area contributed by atoms with E-state index in [0.29, 0.717) is 22.6 Å². The number of halogens is 1. The van der Waals surface area contributed by atoms with E-state index in [1.807, 2.05) is 25.1 Å². The SMILES string of the molecule is Cc1ccc(Cl)c(S)c1.O=COCc1ccccc1CO[N+](=O)[O-]. The number of aryl methyl sites for hydroxylation is 1. The largest absolute Gasteiger partial charge is 0.463 e. The van der Waals surface area contributed by atoms with Crippen molar-refractivity contribution in [2.45, 2.75) is 25.0 Å². The molecule has 0 spiro atoms. The second-order valence-corrected chi connectivity index (χ2v) is 5.52. The normalized spacial score (nSPS) is 9.46. The zero-order valence-electron chi connectivity index (χ0n) is 12.8. The lowest BCUT2D eigenvalue weighted by atomic mass is 10.1. The van der Waals surface area contributed by atoms with Crippen molar-refractivity contribution in [3.8, 4) is 0 Å². The van der Waals surface area contributed by atoms with Gasteiger partial charge in [-0.25, -0.2) is 0 Å². The summed E-state index contributed by atoms with van der Waals surface area (Å²) in [6, 6.07) is 12.6. The zero-order valence-corrected chi connectivity index (χ0v) is 14.5. The molecular formula is C16H16ClNO5S. The van der Waals surface area contributed by atoms with E-state index in [4.69, 9.17) is 11.6 Å². The van der Waals surface area contributed by atoms with Gasteiger partial charge < -0.3 is 9.57 Å². The summed E-state index contributed by atoms with van der Waals surface area (Å²) in [7, 11) is 0. The van der Waals surface area contributed by atoms with E-state index >= 15 is 0 Å². The Balaban J connectivity index is 0.000000272. The van der Waals surface area contributed by atoms with Crippen molar-refractivity contribution in [3.05, 3.63) is 74.3 Å². The van der Waals surface area contributed by atoms with Crippen LogP contribution in [0.1, 0.15) is 16.7 Å². The van der Waals surface area contributed by atoms with Gasteiger partial charge in [0.05, 0.1) is 5.02 Å². The summed E-state index contributed by atoms with van der Waals surface area (Å²) in [5, 5.41) is 9.84. The van der Waals surface area contributed by atoms with Gasteiger partial charge in [-0.2, -0.15) is 0 Å².